The lowest BCUT2D eigenvalue weighted by Crippen LogP contribution is -2.41. The molecule has 3 heterocycles. The summed E-state index contributed by atoms with van der Waals surface area (Å²) in [5, 5.41) is 2.01. The molecule has 1 aliphatic rings. The van der Waals surface area contributed by atoms with E-state index in [0.717, 1.165) is 16.9 Å². The zero-order valence-corrected chi connectivity index (χ0v) is 12.9. The predicted octanol–water partition coefficient (Wildman–Crippen LogP) is 2.50. The van der Waals surface area contributed by atoms with Crippen LogP contribution in [0.25, 0.3) is 11.3 Å². The first-order chi connectivity index (χ1) is 9.41. The van der Waals surface area contributed by atoms with Gasteiger partial charge in [0.25, 0.3) is 0 Å². The first-order valence-electron chi connectivity index (χ1n) is 6.60. The van der Waals surface area contributed by atoms with Crippen molar-refractivity contribution < 1.29 is 9.31 Å². The van der Waals surface area contributed by atoms with Crippen molar-refractivity contribution >= 4 is 24.0 Å². The zero-order valence-electron chi connectivity index (χ0n) is 12.1. The van der Waals surface area contributed by atoms with Gasteiger partial charge in [0.05, 0.1) is 28.0 Å². The molecule has 0 bridgehead atoms. The lowest BCUT2D eigenvalue weighted by atomic mass is 9.80. The molecule has 4 nitrogen and oxygen atoms in total. The smallest absolute Gasteiger partial charge is 0.398 e. The Morgan fingerprint density at radius 1 is 1.10 bits per heavy atom. The van der Waals surface area contributed by atoms with Crippen molar-refractivity contribution in [3.8, 4) is 11.3 Å². The molecule has 0 radical (unpaired) electrons. The molecule has 0 amide bonds. The molecule has 0 atom stereocenters. The van der Waals surface area contributed by atoms with Crippen LogP contribution in [0.5, 0.6) is 0 Å². The number of rotatable bonds is 2. The van der Waals surface area contributed by atoms with Gasteiger partial charge in [0.2, 0.25) is 0 Å². The molecule has 0 spiro atoms. The van der Waals surface area contributed by atoms with Crippen LogP contribution in [-0.2, 0) is 9.31 Å². The highest BCUT2D eigenvalue weighted by molar-refractivity contribution is 7.07. The van der Waals surface area contributed by atoms with Crippen molar-refractivity contribution in [2.45, 2.75) is 38.9 Å². The van der Waals surface area contributed by atoms with E-state index in [1.807, 2.05) is 50.7 Å². The fourth-order valence-corrected chi connectivity index (χ4v) is 2.67. The number of pyridine rings is 1. The molecule has 2 aromatic heterocycles. The zero-order chi connectivity index (χ0) is 14.4. The maximum atomic E-state index is 6.08. The van der Waals surface area contributed by atoms with Gasteiger partial charge in [-0.15, -0.1) is 11.3 Å². The van der Waals surface area contributed by atoms with Gasteiger partial charge in [0.15, 0.2) is 0 Å². The van der Waals surface area contributed by atoms with E-state index in [-0.39, 0.29) is 11.2 Å². The van der Waals surface area contributed by atoms with Crippen molar-refractivity contribution in [2.24, 2.45) is 0 Å². The molecule has 0 saturated carbocycles. The Balaban J connectivity index is 2.01. The van der Waals surface area contributed by atoms with Crippen LogP contribution in [0, 0.1) is 0 Å². The minimum absolute atomic E-state index is 0.367. The Hall–Kier alpha value is -1.24. The van der Waals surface area contributed by atoms with E-state index in [1.54, 1.807) is 17.5 Å². The summed E-state index contributed by atoms with van der Waals surface area (Å²) < 4.78 is 12.2. The number of thiazole rings is 1. The summed E-state index contributed by atoms with van der Waals surface area (Å²) in [5.74, 6) is 0. The van der Waals surface area contributed by atoms with Gasteiger partial charge < -0.3 is 9.31 Å². The highest BCUT2D eigenvalue weighted by Crippen LogP contribution is 2.37. The van der Waals surface area contributed by atoms with Crippen molar-refractivity contribution in [1.29, 1.82) is 0 Å². The third-order valence-corrected chi connectivity index (χ3v) is 4.61. The van der Waals surface area contributed by atoms with Crippen LogP contribution < -0.4 is 5.59 Å². The molecule has 6 heteroatoms. The second kappa shape index (κ2) is 4.65. The molecule has 0 unspecified atom stereocenters. The number of nitrogens with zero attached hydrogens (tertiary/aromatic N) is 2. The largest absolute Gasteiger partial charge is 0.515 e. The van der Waals surface area contributed by atoms with Crippen LogP contribution in [0.1, 0.15) is 27.7 Å². The third-order valence-electron chi connectivity index (χ3n) is 4.02. The minimum atomic E-state index is -0.460. The molecular formula is C14H17BN2O2S. The van der Waals surface area contributed by atoms with Crippen LogP contribution >= 0.6 is 11.3 Å². The molecule has 0 aliphatic carbocycles. The highest BCUT2D eigenvalue weighted by Gasteiger charge is 2.53. The Labute approximate surface area is 123 Å². The van der Waals surface area contributed by atoms with Crippen molar-refractivity contribution in [2.75, 3.05) is 0 Å². The van der Waals surface area contributed by atoms with Gasteiger partial charge in [-0.2, -0.15) is 0 Å². The van der Waals surface area contributed by atoms with Crippen LogP contribution in [-0.4, -0.2) is 28.3 Å². The lowest BCUT2D eigenvalue weighted by Gasteiger charge is -2.32. The van der Waals surface area contributed by atoms with Gasteiger partial charge in [-0.25, -0.2) is 4.98 Å². The van der Waals surface area contributed by atoms with Gasteiger partial charge in [-0.3, -0.25) is 4.98 Å². The average Bonchev–Trinajstić information content (AvgIpc) is 2.97. The van der Waals surface area contributed by atoms with Gasteiger partial charge in [0.1, 0.15) is 0 Å². The van der Waals surface area contributed by atoms with Crippen LogP contribution in [0.3, 0.4) is 0 Å². The summed E-state index contributed by atoms with van der Waals surface area (Å²) in [5.41, 5.74) is 3.75. The summed E-state index contributed by atoms with van der Waals surface area (Å²) in [7, 11) is -0.460. The normalized spacial score (nSPS) is 20.3. The average molecular weight is 288 g/mol. The molecule has 0 N–H and O–H groups in total. The number of aromatic nitrogens is 2. The Morgan fingerprint density at radius 3 is 2.40 bits per heavy atom. The molecule has 0 aromatic carbocycles. The quantitative estimate of drug-likeness (QED) is 0.796. The Bertz CT molecular complexity index is 597. The van der Waals surface area contributed by atoms with E-state index in [9.17, 15) is 0 Å². The summed E-state index contributed by atoms with van der Waals surface area (Å²) in [6.45, 7) is 8.16. The first-order valence-corrected chi connectivity index (χ1v) is 7.54. The first kappa shape index (κ1) is 13.7. The van der Waals surface area contributed by atoms with Gasteiger partial charge >= 0.3 is 7.12 Å². The fraction of sp³-hybridized carbons (Fsp3) is 0.429. The molecule has 104 valence electrons. The fourth-order valence-electron chi connectivity index (χ4n) is 2.12. The number of hydrogen-bond donors (Lipinski definition) is 0. The van der Waals surface area contributed by atoms with Crippen LogP contribution in [0.15, 0.2) is 29.2 Å². The Kier molecular flexibility index (Phi) is 3.19. The molecule has 2 aromatic rings. The second-order valence-electron chi connectivity index (χ2n) is 5.90. The highest BCUT2D eigenvalue weighted by atomic mass is 32.1. The van der Waals surface area contributed by atoms with E-state index in [0.29, 0.717) is 0 Å². The van der Waals surface area contributed by atoms with Crippen LogP contribution in [0.4, 0.5) is 0 Å². The van der Waals surface area contributed by atoms with Crippen molar-refractivity contribution in [3.63, 3.8) is 0 Å². The lowest BCUT2D eigenvalue weighted by molar-refractivity contribution is 0.00578. The van der Waals surface area contributed by atoms with Crippen molar-refractivity contribution in [3.05, 3.63) is 29.2 Å². The molecule has 1 aliphatic heterocycles. The standard InChI is InChI=1S/C14H17BN2O2S/c1-13(2)14(3,4)19-15(18-13)12-10(6-5-7-16-12)11-8-20-9-17-11/h5-9H,1-4H3. The van der Waals surface area contributed by atoms with E-state index in [2.05, 4.69) is 9.97 Å². The van der Waals surface area contributed by atoms with E-state index < -0.39 is 7.12 Å². The summed E-state index contributed by atoms with van der Waals surface area (Å²) in [4.78, 5) is 8.82. The van der Waals surface area contributed by atoms with E-state index >= 15 is 0 Å². The summed E-state index contributed by atoms with van der Waals surface area (Å²) in [6, 6.07) is 3.91. The molecule has 20 heavy (non-hydrogen) atoms. The van der Waals surface area contributed by atoms with Crippen molar-refractivity contribution in [1.82, 2.24) is 9.97 Å². The van der Waals surface area contributed by atoms with Crippen LogP contribution in [0.2, 0.25) is 0 Å². The van der Waals surface area contributed by atoms with Gasteiger partial charge in [0, 0.05) is 17.1 Å². The molecule has 1 saturated heterocycles. The SMILES string of the molecule is CC1(C)OB(c2ncccc2-c2cscn2)OC1(C)C. The van der Waals surface area contributed by atoms with E-state index in [4.69, 9.17) is 9.31 Å². The van der Waals surface area contributed by atoms with E-state index in [1.165, 1.54) is 0 Å². The Morgan fingerprint density at radius 2 is 1.80 bits per heavy atom. The molecular weight excluding hydrogens is 271 g/mol. The maximum Gasteiger partial charge on any atom is 0.515 e. The molecule has 1 fully saturated rings. The monoisotopic (exact) mass is 288 g/mol. The van der Waals surface area contributed by atoms with Gasteiger partial charge in [-0.1, -0.05) is 6.07 Å². The summed E-state index contributed by atoms with van der Waals surface area (Å²) in [6.07, 6.45) is 1.76. The topological polar surface area (TPSA) is 44.2 Å². The predicted molar refractivity (Wildman–Crippen MR) is 81.1 cm³/mol. The summed E-state index contributed by atoms with van der Waals surface area (Å²) >= 11 is 1.56. The minimum Gasteiger partial charge on any atom is -0.398 e. The molecule has 3 rings (SSSR count). The number of hydrogen-bond acceptors (Lipinski definition) is 5. The second-order valence-corrected chi connectivity index (χ2v) is 6.62. The van der Waals surface area contributed by atoms with Gasteiger partial charge in [-0.05, 0) is 33.8 Å². The maximum absolute atomic E-state index is 6.08. The third kappa shape index (κ3) is 2.18.